The second-order valence-electron chi connectivity index (χ2n) is 5.12. The van der Waals surface area contributed by atoms with E-state index < -0.39 is 6.10 Å². The van der Waals surface area contributed by atoms with Crippen molar-refractivity contribution in [3.63, 3.8) is 0 Å². The van der Waals surface area contributed by atoms with Crippen molar-refractivity contribution in [1.82, 2.24) is 5.32 Å². The third-order valence-electron chi connectivity index (χ3n) is 3.69. The normalized spacial score (nSPS) is 24.3. The topological polar surface area (TPSA) is 56.8 Å². The van der Waals surface area contributed by atoms with Gasteiger partial charge in [-0.25, -0.2) is 0 Å². The van der Waals surface area contributed by atoms with Gasteiger partial charge in [0.1, 0.15) is 6.10 Å². The highest BCUT2D eigenvalue weighted by Gasteiger charge is 2.41. The Labute approximate surface area is 114 Å². The summed E-state index contributed by atoms with van der Waals surface area (Å²) in [5.41, 5.74) is 0. The van der Waals surface area contributed by atoms with Crippen LogP contribution in [0, 0.1) is 0 Å². The molecule has 2 fully saturated rings. The van der Waals surface area contributed by atoms with Crippen LogP contribution in [0.15, 0.2) is 12.7 Å². The molecule has 108 valence electrons. The second-order valence-corrected chi connectivity index (χ2v) is 5.12. The summed E-state index contributed by atoms with van der Waals surface area (Å²) in [4.78, 5) is 11.7. The first-order valence-corrected chi connectivity index (χ1v) is 6.97. The number of hydrogen-bond donors (Lipinski definition) is 1. The Bertz CT molecular complexity index is 315. The zero-order valence-electron chi connectivity index (χ0n) is 11.5. The largest absolute Gasteiger partial charge is 0.365 e. The van der Waals surface area contributed by atoms with Gasteiger partial charge in [0.15, 0.2) is 5.79 Å². The SMILES string of the molecule is C=CCNC(=O)C(C)OC1CCC2(CC1)OCCO2. The standard InChI is InChI=1S/C14H23NO4/c1-3-8-15-13(16)11(2)19-12-4-6-14(7-5-12)17-9-10-18-14/h3,11-12H,1,4-10H2,2H3,(H,15,16). The van der Waals surface area contributed by atoms with Gasteiger partial charge in [0.05, 0.1) is 19.3 Å². The highest BCUT2D eigenvalue weighted by atomic mass is 16.7. The Morgan fingerprint density at radius 3 is 2.68 bits per heavy atom. The fourth-order valence-corrected chi connectivity index (χ4v) is 2.62. The molecule has 2 aliphatic rings. The second kappa shape index (κ2) is 6.50. The molecule has 1 aliphatic heterocycles. The summed E-state index contributed by atoms with van der Waals surface area (Å²) >= 11 is 0. The summed E-state index contributed by atoms with van der Waals surface area (Å²) in [6, 6.07) is 0. The van der Waals surface area contributed by atoms with Crippen LogP contribution in [0.5, 0.6) is 0 Å². The minimum absolute atomic E-state index is 0.0893. The van der Waals surface area contributed by atoms with Gasteiger partial charge in [0.25, 0.3) is 0 Å². The van der Waals surface area contributed by atoms with Crippen LogP contribution >= 0.6 is 0 Å². The van der Waals surface area contributed by atoms with Crippen molar-refractivity contribution >= 4 is 5.91 Å². The van der Waals surface area contributed by atoms with Gasteiger partial charge in [0, 0.05) is 19.4 Å². The third-order valence-corrected chi connectivity index (χ3v) is 3.69. The van der Waals surface area contributed by atoms with Gasteiger partial charge < -0.3 is 19.5 Å². The van der Waals surface area contributed by atoms with Gasteiger partial charge in [-0.05, 0) is 19.8 Å². The van der Waals surface area contributed by atoms with E-state index >= 15 is 0 Å². The number of amides is 1. The molecule has 1 aliphatic carbocycles. The smallest absolute Gasteiger partial charge is 0.249 e. The Morgan fingerprint density at radius 2 is 2.11 bits per heavy atom. The summed E-state index contributed by atoms with van der Waals surface area (Å²) in [7, 11) is 0. The fourth-order valence-electron chi connectivity index (χ4n) is 2.62. The molecular formula is C14H23NO4. The Morgan fingerprint density at radius 1 is 1.47 bits per heavy atom. The minimum Gasteiger partial charge on any atom is -0.365 e. The van der Waals surface area contributed by atoms with Gasteiger partial charge in [0.2, 0.25) is 5.91 Å². The molecule has 2 rings (SSSR count). The summed E-state index contributed by atoms with van der Waals surface area (Å²) in [5.74, 6) is -0.456. The predicted octanol–water partition coefficient (Wildman–Crippen LogP) is 1.38. The Balaban J connectivity index is 1.72. The number of rotatable bonds is 5. The monoisotopic (exact) mass is 269 g/mol. The number of hydrogen-bond acceptors (Lipinski definition) is 4. The number of carbonyl (C=O) groups is 1. The van der Waals surface area contributed by atoms with Crippen LogP contribution in [0.4, 0.5) is 0 Å². The zero-order chi connectivity index (χ0) is 13.7. The molecule has 1 atom stereocenters. The molecule has 0 radical (unpaired) electrons. The Hall–Kier alpha value is -0.910. The maximum absolute atomic E-state index is 11.7. The van der Waals surface area contributed by atoms with Crippen molar-refractivity contribution in [2.45, 2.75) is 50.6 Å². The molecule has 5 heteroatoms. The van der Waals surface area contributed by atoms with Gasteiger partial charge in [-0.3, -0.25) is 4.79 Å². The van der Waals surface area contributed by atoms with Crippen LogP contribution in [0.25, 0.3) is 0 Å². The molecule has 19 heavy (non-hydrogen) atoms. The van der Waals surface area contributed by atoms with Crippen LogP contribution in [-0.4, -0.2) is 43.7 Å². The summed E-state index contributed by atoms with van der Waals surface area (Å²) in [6.07, 6.45) is 4.78. The zero-order valence-corrected chi connectivity index (χ0v) is 11.5. The van der Waals surface area contributed by atoms with E-state index in [-0.39, 0.29) is 17.8 Å². The van der Waals surface area contributed by atoms with Crippen molar-refractivity contribution in [1.29, 1.82) is 0 Å². The average Bonchev–Trinajstić information content (AvgIpc) is 2.87. The highest BCUT2D eigenvalue weighted by Crippen LogP contribution is 2.36. The van der Waals surface area contributed by atoms with E-state index in [1.807, 2.05) is 0 Å². The quantitative estimate of drug-likeness (QED) is 0.766. The molecule has 1 N–H and O–H groups in total. The lowest BCUT2D eigenvalue weighted by molar-refractivity contribution is -0.195. The van der Waals surface area contributed by atoms with Crippen LogP contribution in [0.3, 0.4) is 0 Å². The van der Waals surface area contributed by atoms with E-state index in [9.17, 15) is 4.79 Å². The number of nitrogens with one attached hydrogen (secondary N) is 1. The van der Waals surface area contributed by atoms with Gasteiger partial charge >= 0.3 is 0 Å². The van der Waals surface area contributed by atoms with Crippen LogP contribution in [-0.2, 0) is 19.0 Å². The maximum atomic E-state index is 11.7. The molecule has 5 nitrogen and oxygen atoms in total. The number of ether oxygens (including phenoxy) is 3. The van der Waals surface area contributed by atoms with Crippen molar-refractivity contribution < 1.29 is 19.0 Å². The van der Waals surface area contributed by atoms with E-state index in [2.05, 4.69) is 11.9 Å². The van der Waals surface area contributed by atoms with E-state index in [0.29, 0.717) is 19.8 Å². The van der Waals surface area contributed by atoms with Gasteiger partial charge in [-0.1, -0.05) is 6.08 Å². The molecule has 1 amide bonds. The summed E-state index contributed by atoms with van der Waals surface area (Å²) in [5, 5.41) is 2.74. The molecule has 1 saturated heterocycles. The fraction of sp³-hybridized carbons (Fsp3) is 0.786. The molecule has 0 aromatic carbocycles. The van der Waals surface area contributed by atoms with Crippen molar-refractivity contribution in [3.8, 4) is 0 Å². The van der Waals surface area contributed by atoms with E-state index in [1.165, 1.54) is 0 Å². The van der Waals surface area contributed by atoms with Gasteiger partial charge in [-0.2, -0.15) is 0 Å². The van der Waals surface area contributed by atoms with Crippen LogP contribution in [0.1, 0.15) is 32.6 Å². The molecule has 0 bridgehead atoms. The lowest BCUT2D eigenvalue weighted by Gasteiger charge is -2.36. The first-order chi connectivity index (χ1) is 9.15. The molecule has 0 aromatic rings. The molecule has 1 spiro atoms. The molecule has 1 heterocycles. The van der Waals surface area contributed by atoms with Crippen molar-refractivity contribution in [2.75, 3.05) is 19.8 Å². The lowest BCUT2D eigenvalue weighted by atomic mass is 9.91. The van der Waals surface area contributed by atoms with Gasteiger partial charge in [-0.15, -0.1) is 6.58 Å². The third kappa shape index (κ3) is 3.78. The van der Waals surface area contributed by atoms with Crippen molar-refractivity contribution in [3.05, 3.63) is 12.7 Å². The Kier molecular flexibility index (Phi) is 4.96. The van der Waals surface area contributed by atoms with E-state index in [4.69, 9.17) is 14.2 Å². The highest BCUT2D eigenvalue weighted by molar-refractivity contribution is 5.80. The van der Waals surface area contributed by atoms with Crippen LogP contribution in [0.2, 0.25) is 0 Å². The lowest BCUT2D eigenvalue weighted by Crippen LogP contribution is -2.41. The summed E-state index contributed by atoms with van der Waals surface area (Å²) in [6.45, 7) is 7.20. The molecular weight excluding hydrogens is 246 g/mol. The first-order valence-electron chi connectivity index (χ1n) is 6.97. The average molecular weight is 269 g/mol. The number of carbonyl (C=O) groups excluding carboxylic acids is 1. The predicted molar refractivity (Wildman–Crippen MR) is 70.6 cm³/mol. The first kappa shape index (κ1) is 14.5. The summed E-state index contributed by atoms with van der Waals surface area (Å²) < 4.78 is 17.1. The maximum Gasteiger partial charge on any atom is 0.249 e. The molecule has 1 saturated carbocycles. The minimum atomic E-state index is -0.426. The van der Waals surface area contributed by atoms with Crippen molar-refractivity contribution in [2.24, 2.45) is 0 Å². The van der Waals surface area contributed by atoms with E-state index in [0.717, 1.165) is 25.7 Å². The molecule has 1 unspecified atom stereocenters. The molecule has 0 aromatic heterocycles. The van der Waals surface area contributed by atoms with E-state index in [1.54, 1.807) is 13.0 Å². The van der Waals surface area contributed by atoms with Crippen LogP contribution < -0.4 is 5.32 Å².